The highest BCUT2D eigenvalue weighted by Crippen LogP contribution is 2.26. The largest absolute Gasteiger partial charge is 0.340 e. The number of carbonyl (C=O) groups is 1. The van der Waals surface area contributed by atoms with Gasteiger partial charge in [-0.05, 0) is 31.6 Å². The van der Waals surface area contributed by atoms with E-state index >= 15 is 0 Å². The fourth-order valence-electron chi connectivity index (χ4n) is 2.97. The molecule has 0 saturated heterocycles. The van der Waals surface area contributed by atoms with Crippen molar-refractivity contribution < 1.29 is 4.79 Å². The Morgan fingerprint density at radius 1 is 1.32 bits per heavy atom. The van der Waals surface area contributed by atoms with Crippen LogP contribution in [0.5, 0.6) is 0 Å². The maximum atomic E-state index is 12.2. The van der Waals surface area contributed by atoms with E-state index < -0.39 is 0 Å². The summed E-state index contributed by atoms with van der Waals surface area (Å²) in [4.78, 5) is 12.2. The second-order valence-corrected chi connectivity index (χ2v) is 5.76. The SMILES string of the molecule is CCCCC(CC)C(=O)NC(C#N)C1CCCCC1. The Balaban J connectivity index is 2.49. The lowest BCUT2D eigenvalue weighted by atomic mass is 9.84. The third-order valence-corrected chi connectivity index (χ3v) is 4.33. The van der Waals surface area contributed by atoms with Gasteiger partial charge in [0.2, 0.25) is 5.91 Å². The first-order chi connectivity index (χ1) is 9.22. The molecule has 108 valence electrons. The lowest BCUT2D eigenvalue weighted by Crippen LogP contribution is -2.42. The minimum atomic E-state index is -0.275. The number of unbranched alkanes of at least 4 members (excludes halogenated alkanes) is 1. The molecule has 3 heteroatoms. The Morgan fingerprint density at radius 2 is 2.00 bits per heavy atom. The molecule has 0 radical (unpaired) electrons. The van der Waals surface area contributed by atoms with Crippen LogP contribution in [0.25, 0.3) is 0 Å². The number of rotatable bonds is 7. The molecule has 0 spiro atoms. The van der Waals surface area contributed by atoms with Gasteiger partial charge in [-0.25, -0.2) is 0 Å². The van der Waals surface area contributed by atoms with Gasteiger partial charge in [0.05, 0.1) is 6.07 Å². The molecule has 1 aliphatic carbocycles. The summed E-state index contributed by atoms with van der Waals surface area (Å²) in [5.41, 5.74) is 0. The number of hydrogen-bond donors (Lipinski definition) is 1. The molecule has 1 rings (SSSR count). The molecule has 1 N–H and O–H groups in total. The normalized spacial score (nSPS) is 19.4. The molecule has 1 amide bonds. The number of nitriles is 1. The van der Waals surface area contributed by atoms with Gasteiger partial charge in [-0.1, -0.05) is 46.0 Å². The zero-order valence-corrected chi connectivity index (χ0v) is 12.5. The summed E-state index contributed by atoms with van der Waals surface area (Å²) in [6, 6.07) is 2.03. The highest BCUT2D eigenvalue weighted by Gasteiger charge is 2.26. The van der Waals surface area contributed by atoms with Crippen LogP contribution in [0.4, 0.5) is 0 Å². The van der Waals surface area contributed by atoms with Gasteiger partial charge in [0.15, 0.2) is 0 Å². The van der Waals surface area contributed by atoms with Gasteiger partial charge in [-0.3, -0.25) is 4.79 Å². The van der Waals surface area contributed by atoms with Gasteiger partial charge in [-0.2, -0.15) is 5.26 Å². The van der Waals surface area contributed by atoms with Crippen molar-refractivity contribution in [2.75, 3.05) is 0 Å². The fraction of sp³-hybridized carbons (Fsp3) is 0.875. The molecule has 0 aromatic rings. The summed E-state index contributed by atoms with van der Waals surface area (Å²) < 4.78 is 0. The maximum Gasteiger partial charge on any atom is 0.224 e. The van der Waals surface area contributed by atoms with Crippen molar-refractivity contribution in [2.24, 2.45) is 11.8 Å². The summed E-state index contributed by atoms with van der Waals surface area (Å²) >= 11 is 0. The van der Waals surface area contributed by atoms with Gasteiger partial charge < -0.3 is 5.32 Å². The first kappa shape index (κ1) is 16.0. The maximum absolute atomic E-state index is 12.2. The third kappa shape index (κ3) is 5.22. The molecule has 3 nitrogen and oxygen atoms in total. The first-order valence-corrected chi connectivity index (χ1v) is 7.92. The van der Waals surface area contributed by atoms with Crippen LogP contribution in [-0.2, 0) is 4.79 Å². The molecule has 2 unspecified atom stereocenters. The van der Waals surface area contributed by atoms with Crippen molar-refractivity contribution in [3.63, 3.8) is 0 Å². The molecule has 0 bridgehead atoms. The molecule has 2 atom stereocenters. The van der Waals surface area contributed by atoms with Crippen molar-refractivity contribution in [2.45, 2.75) is 77.7 Å². The van der Waals surface area contributed by atoms with E-state index in [0.717, 1.165) is 38.5 Å². The molecular weight excluding hydrogens is 236 g/mol. The second kappa shape index (κ2) is 8.96. The number of hydrogen-bond acceptors (Lipinski definition) is 2. The summed E-state index contributed by atoms with van der Waals surface area (Å²) in [6.07, 6.45) is 9.87. The lowest BCUT2D eigenvalue weighted by molar-refractivity contribution is -0.126. The Morgan fingerprint density at radius 3 is 2.53 bits per heavy atom. The first-order valence-electron chi connectivity index (χ1n) is 7.92. The summed E-state index contributed by atoms with van der Waals surface area (Å²) in [7, 11) is 0. The van der Waals surface area contributed by atoms with Gasteiger partial charge in [-0.15, -0.1) is 0 Å². The Labute approximate surface area is 117 Å². The number of nitrogens with zero attached hydrogens (tertiary/aromatic N) is 1. The smallest absolute Gasteiger partial charge is 0.224 e. The molecule has 0 heterocycles. The quantitative estimate of drug-likeness (QED) is 0.760. The summed E-state index contributed by atoms with van der Waals surface area (Å²) in [5, 5.41) is 12.3. The molecule has 1 fully saturated rings. The average Bonchev–Trinajstić information content (AvgIpc) is 2.46. The molecule has 19 heavy (non-hydrogen) atoms. The highest BCUT2D eigenvalue weighted by molar-refractivity contribution is 5.79. The number of nitrogens with one attached hydrogen (secondary N) is 1. The van der Waals surface area contributed by atoms with E-state index in [-0.39, 0.29) is 17.9 Å². The average molecular weight is 264 g/mol. The Kier molecular flexibility index (Phi) is 7.55. The van der Waals surface area contributed by atoms with Gasteiger partial charge >= 0.3 is 0 Å². The van der Waals surface area contributed by atoms with Gasteiger partial charge in [0, 0.05) is 5.92 Å². The number of carbonyl (C=O) groups excluding carboxylic acids is 1. The monoisotopic (exact) mass is 264 g/mol. The van der Waals surface area contributed by atoms with Crippen molar-refractivity contribution in [1.82, 2.24) is 5.32 Å². The van der Waals surface area contributed by atoms with Crippen LogP contribution >= 0.6 is 0 Å². The fourth-order valence-corrected chi connectivity index (χ4v) is 2.97. The van der Waals surface area contributed by atoms with Gasteiger partial charge in [0.1, 0.15) is 6.04 Å². The number of amides is 1. The van der Waals surface area contributed by atoms with Crippen LogP contribution < -0.4 is 5.32 Å². The predicted molar refractivity (Wildman–Crippen MR) is 77.4 cm³/mol. The van der Waals surface area contributed by atoms with Crippen LogP contribution in [0.2, 0.25) is 0 Å². The van der Waals surface area contributed by atoms with E-state index in [1.165, 1.54) is 19.3 Å². The highest BCUT2D eigenvalue weighted by atomic mass is 16.1. The molecule has 1 saturated carbocycles. The van der Waals surface area contributed by atoms with Crippen LogP contribution in [0, 0.1) is 23.2 Å². The van der Waals surface area contributed by atoms with E-state index in [0.29, 0.717) is 5.92 Å². The molecule has 0 aromatic carbocycles. The van der Waals surface area contributed by atoms with E-state index in [1.54, 1.807) is 0 Å². The zero-order chi connectivity index (χ0) is 14.1. The van der Waals surface area contributed by atoms with Crippen molar-refractivity contribution >= 4 is 5.91 Å². The minimum Gasteiger partial charge on any atom is -0.340 e. The van der Waals surface area contributed by atoms with Gasteiger partial charge in [0.25, 0.3) is 0 Å². The standard InChI is InChI=1S/C16H28N2O/c1-3-5-9-13(4-2)16(19)18-15(12-17)14-10-7-6-8-11-14/h13-15H,3-11H2,1-2H3,(H,18,19). The summed E-state index contributed by atoms with van der Waals surface area (Å²) in [6.45, 7) is 4.20. The van der Waals surface area contributed by atoms with E-state index in [2.05, 4.69) is 25.2 Å². The molecular formula is C16H28N2O. The molecule has 0 aromatic heterocycles. The van der Waals surface area contributed by atoms with E-state index in [9.17, 15) is 10.1 Å². The topological polar surface area (TPSA) is 52.9 Å². The lowest BCUT2D eigenvalue weighted by Gasteiger charge is -2.27. The molecule has 0 aliphatic heterocycles. The third-order valence-electron chi connectivity index (χ3n) is 4.33. The van der Waals surface area contributed by atoms with Crippen molar-refractivity contribution in [3.05, 3.63) is 0 Å². The van der Waals surface area contributed by atoms with Crippen molar-refractivity contribution in [3.8, 4) is 6.07 Å². The minimum absolute atomic E-state index is 0.0828. The molecule has 1 aliphatic rings. The Hall–Kier alpha value is -1.04. The van der Waals surface area contributed by atoms with Crippen LogP contribution in [-0.4, -0.2) is 11.9 Å². The summed E-state index contributed by atoms with van der Waals surface area (Å²) in [5.74, 6) is 0.541. The van der Waals surface area contributed by atoms with Crippen LogP contribution in [0.3, 0.4) is 0 Å². The predicted octanol–water partition coefficient (Wildman–Crippen LogP) is 3.79. The van der Waals surface area contributed by atoms with Crippen molar-refractivity contribution in [1.29, 1.82) is 5.26 Å². The second-order valence-electron chi connectivity index (χ2n) is 5.76. The van der Waals surface area contributed by atoms with E-state index in [1.807, 2.05) is 0 Å². The van der Waals surface area contributed by atoms with Crippen LogP contribution in [0.1, 0.15) is 71.6 Å². The van der Waals surface area contributed by atoms with E-state index in [4.69, 9.17) is 0 Å². The Bertz CT molecular complexity index is 302. The zero-order valence-electron chi connectivity index (χ0n) is 12.5. The van der Waals surface area contributed by atoms with Crippen LogP contribution in [0.15, 0.2) is 0 Å².